The van der Waals surface area contributed by atoms with E-state index in [-0.39, 0.29) is 43.6 Å². The second-order valence-electron chi connectivity index (χ2n) is 14.9. The maximum absolute atomic E-state index is 14.7. The summed E-state index contributed by atoms with van der Waals surface area (Å²) in [6.45, 7) is 2.85. The number of nitrogens with two attached hydrogens (primary N) is 1. The van der Waals surface area contributed by atoms with E-state index in [1.54, 1.807) is 54.6 Å². The summed E-state index contributed by atoms with van der Waals surface area (Å²) in [4.78, 5) is 101. The van der Waals surface area contributed by atoms with Gasteiger partial charge in [0.15, 0.2) is 11.5 Å². The molecular weight excluding hydrogens is 763 g/mol. The highest BCUT2D eigenvalue weighted by Gasteiger charge is 2.39. The molecule has 0 aliphatic carbocycles. The number of benzene rings is 3. The number of likely N-dealkylation sites (N-methyl/N-ethyl adjacent to an activating group) is 3. The van der Waals surface area contributed by atoms with E-state index >= 15 is 0 Å². The fraction of sp³-hybridized carbons (Fsp3) is 0.405. The Morgan fingerprint density at radius 1 is 0.746 bits per heavy atom. The smallest absolute Gasteiger partial charge is 0.246 e. The van der Waals surface area contributed by atoms with Crippen LogP contribution in [0.15, 0.2) is 66.7 Å². The first-order valence-corrected chi connectivity index (χ1v) is 19.2. The maximum atomic E-state index is 14.7. The average molecular weight is 814 g/mol. The van der Waals surface area contributed by atoms with Crippen LogP contribution in [0.25, 0.3) is 0 Å². The Kier molecular flexibility index (Phi) is 13.8. The number of nitrogens with one attached hydrogen (secondary N) is 3. The Labute approximate surface area is 342 Å². The number of fused-ring (bicyclic) bond motifs is 2. The molecule has 3 aromatic carbocycles. The predicted octanol–water partition coefficient (Wildman–Crippen LogP) is 0.789. The zero-order valence-corrected chi connectivity index (χ0v) is 33.9. The van der Waals surface area contributed by atoms with E-state index in [9.17, 15) is 38.7 Å². The second-order valence-corrected chi connectivity index (χ2v) is 14.9. The first-order chi connectivity index (χ1) is 28.0. The lowest BCUT2D eigenvalue weighted by Crippen LogP contribution is -2.62. The van der Waals surface area contributed by atoms with Gasteiger partial charge in [0, 0.05) is 46.8 Å². The molecule has 6 rings (SSSR count). The zero-order chi connectivity index (χ0) is 43.1. The van der Waals surface area contributed by atoms with Gasteiger partial charge in [0.2, 0.25) is 41.4 Å². The molecule has 3 aliphatic heterocycles. The Balaban J connectivity index is 1.60. The lowest BCUT2D eigenvalue weighted by Gasteiger charge is -2.37. The van der Waals surface area contributed by atoms with E-state index in [1.165, 1.54) is 64.0 Å². The quantitative estimate of drug-likeness (QED) is 0.235. The molecule has 0 spiro atoms. The number of nitrogens with zero attached hydrogens (tertiary/aromatic N) is 3. The van der Waals surface area contributed by atoms with Gasteiger partial charge in [-0.15, -0.1) is 0 Å². The number of aromatic hydroxyl groups is 1. The van der Waals surface area contributed by atoms with Crippen molar-refractivity contribution in [3.63, 3.8) is 0 Å². The first kappa shape index (κ1) is 43.5. The number of phenolic OH excluding ortho intramolecular Hbond substituents is 1. The number of hydrogen-bond donors (Lipinski definition) is 5. The predicted molar refractivity (Wildman–Crippen MR) is 214 cm³/mol. The monoisotopic (exact) mass is 813 g/mol. The summed E-state index contributed by atoms with van der Waals surface area (Å²) < 4.78 is 11.2. The second kappa shape index (κ2) is 18.7. The molecule has 3 heterocycles. The lowest BCUT2D eigenvalue weighted by atomic mass is 9.98. The Morgan fingerprint density at radius 2 is 1.36 bits per heavy atom. The maximum Gasteiger partial charge on any atom is 0.246 e. The van der Waals surface area contributed by atoms with Crippen molar-refractivity contribution in [3.8, 4) is 23.0 Å². The highest BCUT2D eigenvalue weighted by atomic mass is 16.5. The molecule has 6 N–H and O–H groups in total. The van der Waals surface area contributed by atoms with Crippen LogP contribution < -0.4 is 31.2 Å². The van der Waals surface area contributed by atoms with Gasteiger partial charge in [-0.3, -0.25) is 33.6 Å². The minimum atomic E-state index is -1.36. The summed E-state index contributed by atoms with van der Waals surface area (Å²) in [5.74, 6) is -4.04. The summed E-state index contributed by atoms with van der Waals surface area (Å²) in [5.41, 5.74) is 7.20. The van der Waals surface area contributed by atoms with Crippen molar-refractivity contribution in [3.05, 3.63) is 83.4 Å². The van der Waals surface area contributed by atoms with E-state index in [2.05, 4.69) is 16.0 Å². The Hall–Kier alpha value is -6.65. The highest BCUT2D eigenvalue weighted by molar-refractivity contribution is 5.98. The lowest BCUT2D eigenvalue weighted by molar-refractivity contribution is -0.149. The molecule has 7 amide bonds. The van der Waals surface area contributed by atoms with Gasteiger partial charge in [-0.1, -0.05) is 30.3 Å². The standard InChI is InChI=1S/C42H51N7O10/c1-23-37(52)46-30(16-18-36(43)51)41(56)47(3)31(19-25-7-12-28(58-6)13-8-25)39(54)45-24(2)40(55)49(5)33-20-26-9-14-29(15-10-26)59-35-22-27(11-17-34(35)50)21-32(38(53)44-23)48(4)42(33)57/h7-15,17,22-24,30-33,50H,16,18-21H2,1-6H3,(H2,43,51)(H,44,53)(H,45,54)(H,46,52). The van der Waals surface area contributed by atoms with Crippen molar-refractivity contribution < 1.29 is 48.1 Å². The van der Waals surface area contributed by atoms with Crippen LogP contribution in [0.5, 0.6) is 23.0 Å². The fourth-order valence-corrected chi connectivity index (χ4v) is 7.05. The number of rotatable bonds is 6. The SMILES string of the molecule is COc1ccc(CC2C(=O)NC(C)C(=O)N(C)C3Cc4ccc(cc4)Oc4cc(ccc4O)CC(C(=O)NC(C)C(=O)NC(CCC(N)=O)C(=O)N2C)N(C)C3=O)cc1. The summed E-state index contributed by atoms with van der Waals surface area (Å²) in [5, 5.41) is 18.6. The molecule has 0 saturated carbocycles. The van der Waals surface area contributed by atoms with Crippen molar-refractivity contribution in [2.24, 2.45) is 5.73 Å². The number of hydrogen-bond acceptors (Lipinski definition) is 10. The third-order valence-corrected chi connectivity index (χ3v) is 10.7. The molecule has 3 aliphatic rings. The average Bonchev–Trinajstić information content (AvgIpc) is 3.21. The van der Waals surface area contributed by atoms with Gasteiger partial charge in [-0.25, -0.2) is 0 Å². The van der Waals surface area contributed by atoms with Crippen molar-refractivity contribution in [2.75, 3.05) is 28.3 Å². The number of carbonyl (C=O) groups excluding carboxylic acids is 7. The summed E-state index contributed by atoms with van der Waals surface area (Å²) in [7, 11) is 5.72. The van der Waals surface area contributed by atoms with Crippen molar-refractivity contribution in [2.45, 2.75) is 82.2 Å². The third kappa shape index (κ3) is 10.5. The van der Waals surface area contributed by atoms with Crippen molar-refractivity contribution in [1.82, 2.24) is 30.7 Å². The molecule has 6 bridgehead atoms. The number of primary amides is 1. The largest absolute Gasteiger partial charge is 0.504 e. The van der Waals surface area contributed by atoms with Crippen LogP contribution in [0.1, 0.15) is 43.4 Å². The molecular formula is C42H51N7O10. The number of ether oxygens (including phenoxy) is 2. The Bertz CT molecular complexity index is 2080. The number of carbonyl (C=O) groups is 7. The minimum absolute atomic E-state index is 0.0000780. The van der Waals surface area contributed by atoms with Gasteiger partial charge in [0.1, 0.15) is 47.8 Å². The highest BCUT2D eigenvalue weighted by Crippen LogP contribution is 2.33. The molecule has 1 fully saturated rings. The molecule has 314 valence electrons. The van der Waals surface area contributed by atoms with Gasteiger partial charge >= 0.3 is 0 Å². The van der Waals surface area contributed by atoms with Crippen LogP contribution in [0.2, 0.25) is 0 Å². The van der Waals surface area contributed by atoms with Gasteiger partial charge in [0.25, 0.3) is 0 Å². The summed E-state index contributed by atoms with van der Waals surface area (Å²) in [6.07, 6.45) is -0.644. The van der Waals surface area contributed by atoms with Gasteiger partial charge in [-0.2, -0.15) is 0 Å². The molecule has 0 radical (unpaired) electrons. The van der Waals surface area contributed by atoms with E-state index < -0.39 is 77.6 Å². The van der Waals surface area contributed by atoms with Crippen LogP contribution in [0.4, 0.5) is 0 Å². The number of phenols is 1. The molecule has 59 heavy (non-hydrogen) atoms. The summed E-state index contributed by atoms with van der Waals surface area (Å²) in [6, 6.07) is 10.5. The molecule has 6 unspecified atom stereocenters. The van der Waals surface area contributed by atoms with Crippen LogP contribution >= 0.6 is 0 Å². The molecule has 6 atom stereocenters. The first-order valence-electron chi connectivity index (χ1n) is 19.2. The van der Waals surface area contributed by atoms with E-state index in [1.807, 2.05) is 0 Å². The Morgan fingerprint density at radius 3 is 2.00 bits per heavy atom. The third-order valence-electron chi connectivity index (χ3n) is 10.7. The van der Waals surface area contributed by atoms with Gasteiger partial charge in [0.05, 0.1) is 7.11 Å². The van der Waals surface area contributed by atoms with Crippen molar-refractivity contribution in [1.29, 1.82) is 0 Å². The molecule has 1 saturated heterocycles. The molecule has 3 aromatic rings. The van der Waals surface area contributed by atoms with Crippen LogP contribution in [0.3, 0.4) is 0 Å². The van der Waals surface area contributed by atoms with Crippen LogP contribution in [-0.2, 0) is 52.8 Å². The van der Waals surface area contributed by atoms with E-state index in [4.69, 9.17) is 15.2 Å². The van der Waals surface area contributed by atoms with E-state index in [0.29, 0.717) is 28.2 Å². The van der Waals surface area contributed by atoms with Gasteiger partial charge in [-0.05, 0) is 73.4 Å². The minimum Gasteiger partial charge on any atom is -0.504 e. The van der Waals surface area contributed by atoms with E-state index in [0.717, 1.165) is 4.90 Å². The topological polar surface area (TPSA) is 230 Å². The van der Waals surface area contributed by atoms with Crippen molar-refractivity contribution >= 4 is 41.4 Å². The normalized spacial score (nSPS) is 23.7. The zero-order valence-electron chi connectivity index (χ0n) is 33.9. The number of amides is 7. The summed E-state index contributed by atoms with van der Waals surface area (Å²) >= 11 is 0. The number of methoxy groups -OCH3 is 1. The van der Waals surface area contributed by atoms with Crippen LogP contribution in [-0.4, -0.2) is 126 Å². The van der Waals surface area contributed by atoms with Gasteiger partial charge < -0.3 is 51.0 Å². The van der Waals surface area contributed by atoms with Crippen LogP contribution in [0, 0.1) is 0 Å². The fourth-order valence-electron chi connectivity index (χ4n) is 7.05. The molecule has 17 nitrogen and oxygen atoms in total. The molecule has 0 aromatic heterocycles. The molecule has 17 heteroatoms.